The van der Waals surface area contributed by atoms with E-state index < -0.39 is 5.97 Å². The summed E-state index contributed by atoms with van der Waals surface area (Å²) in [4.78, 5) is 15.6. The molecule has 0 aromatic rings. The Morgan fingerprint density at radius 2 is 1.15 bits per heavy atom. The Labute approximate surface area is 208 Å². The molecule has 0 spiro atoms. The van der Waals surface area contributed by atoms with Crippen molar-refractivity contribution >= 4 is 5.97 Å². The maximum absolute atomic E-state index is 10.4. The molecule has 0 heterocycles. The summed E-state index contributed by atoms with van der Waals surface area (Å²) < 4.78 is 16.0. The number of carbonyl (C=O) groups is 1. The van der Waals surface area contributed by atoms with E-state index in [0.29, 0.717) is 52.8 Å². The van der Waals surface area contributed by atoms with Crippen LogP contribution in [0, 0.1) is 0 Å². The fourth-order valence-electron chi connectivity index (χ4n) is 3.61. The largest absolute Gasteiger partial charge is 0.481 e. The van der Waals surface area contributed by atoms with E-state index in [-0.39, 0.29) is 0 Å². The lowest BCUT2D eigenvalue weighted by molar-refractivity contribution is -0.137. The van der Waals surface area contributed by atoms with Gasteiger partial charge in [0.25, 0.3) is 0 Å². The molecule has 34 heavy (non-hydrogen) atoms. The maximum atomic E-state index is 10.4. The van der Waals surface area contributed by atoms with E-state index in [1.165, 1.54) is 77.0 Å². The van der Waals surface area contributed by atoms with Gasteiger partial charge in [-0.3, -0.25) is 9.63 Å². The number of carboxylic acid groups (broad SMARTS) is 1. The van der Waals surface area contributed by atoms with E-state index in [4.69, 9.17) is 24.2 Å². The van der Waals surface area contributed by atoms with Gasteiger partial charge in [0, 0.05) is 19.6 Å². The molecule has 8 nitrogen and oxygen atoms in total. The van der Waals surface area contributed by atoms with Crippen molar-refractivity contribution in [1.82, 2.24) is 10.8 Å². The van der Waals surface area contributed by atoms with Gasteiger partial charge < -0.3 is 24.6 Å². The lowest BCUT2D eigenvalue weighted by Crippen LogP contribution is -2.23. The van der Waals surface area contributed by atoms with Crippen molar-refractivity contribution in [3.8, 4) is 0 Å². The molecule has 0 unspecified atom stereocenters. The first-order valence-electron chi connectivity index (χ1n) is 13.8. The number of carboxylic acids is 1. The zero-order valence-corrected chi connectivity index (χ0v) is 22.0. The van der Waals surface area contributed by atoms with Gasteiger partial charge in [0.1, 0.15) is 6.73 Å². The van der Waals surface area contributed by atoms with Crippen LogP contribution in [0.15, 0.2) is 0 Å². The summed E-state index contributed by atoms with van der Waals surface area (Å²) in [7, 11) is 0. The predicted molar refractivity (Wildman–Crippen MR) is 137 cm³/mol. The van der Waals surface area contributed by atoms with Gasteiger partial charge in [-0.05, 0) is 26.3 Å². The first kappa shape index (κ1) is 33.2. The van der Waals surface area contributed by atoms with Gasteiger partial charge in [-0.15, -0.1) is 0 Å². The molecule has 0 aliphatic rings. The smallest absolute Gasteiger partial charge is 0.303 e. The normalized spacial score (nSPS) is 11.3. The van der Waals surface area contributed by atoms with Gasteiger partial charge >= 0.3 is 5.97 Å². The van der Waals surface area contributed by atoms with Crippen molar-refractivity contribution in [1.29, 1.82) is 0 Å². The standard InChI is InChI=1S/C26H54N2O6/c1-2-31-23-24-34-28-25-33-22-21-32-20-19-27-18-16-14-12-10-8-6-4-3-5-7-9-11-13-15-17-26(29)30/h27-28H,2-25H2,1H3,(H,29,30). The van der Waals surface area contributed by atoms with Crippen LogP contribution in [0.3, 0.4) is 0 Å². The van der Waals surface area contributed by atoms with E-state index in [2.05, 4.69) is 10.8 Å². The van der Waals surface area contributed by atoms with Crippen LogP contribution < -0.4 is 10.8 Å². The van der Waals surface area contributed by atoms with E-state index in [0.717, 1.165) is 25.9 Å². The quantitative estimate of drug-likeness (QED) is 0.0730. The fourth-order valence-corrected chi connectivity index (χ4v) is 3.61. The Bertz CT molecular complexity index is 401. The monoisotopic (exact) mass is 490 g/mol. The number of rotatable bonds is 30. The van der Waals surface area contributed by atoms with Crippen LogP contribution >= 0.6 is 0 Å². The number of hydrogen-bond acceptors (Lipinski definition) is 7. The average Bonchev–Trinajstić information content (AvgIpc) is 2.83. The molecule has 0 bridgehead atoms. The number of ether oxygens (including phenoxy) is 3. The molecule has 0 saturated heterocycles. The van der Waals surface area contributed by atoms with Crippen LogP contribution in [-0.2, 0) is 23.8 Å². The van der Waals surface area contributed by atoms with Crippen molar-refractivity contribution in [2.45, 2.75) is 103 Å². The minimum atomic E-state index is -0.666. The van der Waals surface area contributed by atoms with Crippen molar-refractivity contribution < 1.29 is 28.9 Å². The number of hydrogen-bond donors (Lipinski definition) is 3. The predicted octanol–water partition coefficient (Wildman–Crippen LogP) is 5.06. The van der Waals surface area contributed by atoms with Crippen molar-refractivity contribution in [3.63, 3.8) is 0 Å². The second kappa shape index (κ2) is 30.3. The second-order valence-electron chi connectivity index (χ2n) is 8.70. The van der Waals surface area contributed by atoms with E-state index in [1.807, 2.05) is 6.92 Å². The van der Waals surface area contributed by atoms with Crippen molar-refractivity contribution in [3.05, 3.63) is 0 Å². The van der Waals surface area contributed by atoms with Crippen LogP contribution in [0.1, 0.15) is 103 Å². The zero-order valence-electron chi connectivity index (χ0n) is 22.0. The molecule has 0 aliphatic heterocycles. The average molecular weight is 491 g/mol. The summed E-state index contributed by atoms with van der Waals surface area (Å²) in [6.45, 7) is 7.94. The summed E-state index contributed by atoms with van der Waals surface area (Å²) >= 11 is 0. The Morgan fingerprint density at radius 1 is 0.618 bits per heavy atom. The van der Waals surface area contributed by atoms with Gasteiger partial charge in [0.2, 0.25) is 0 Å². The third-order valence-corrected chi connectivity index (χ3v) is 5.59. The van der Waals surface area contributed by atoms with Crippen molar-refractivity contribution in [2.75, 3.05) is 59.5 Å². The molecule has 3 N–H and O–H groups in total. The van der Waals surface area contributed by atoms with Gasteiger partial charge in [0.05, 0.1) is 33.0 Å². The highest BCUT2D eigenvalue weighted by atomic mass is 16.7. The van der Waals surface area contributed by atoms with Gasteiger partial charge in [-0.25, -0.2) is 0 Å². The minimum Gasteiger partial charge on any atom is -0.481 e. The Kier molecular flexibility index (Phi) is 29.6. The van der Waals surface area contributed by atoms with Crippen LogP contribution in [0.25, 0.3) is 0 Å². The topological polar surface area (TPSA) is 98.3 Å². The molecule has 0 fully saturated rings. The lowest BCUT2D eigenvalue weighted by Gasteiger charge is -2.08. The molecule has 0 atom stereocenters. The summed E-state index contributed by atoms with van der Waals surface area (Å²) in [6.07, 6.45) is 18.0. The first-order valence-corrected chi connectivity index (χ1v) is 13.8. The van der Waals surface area contributed by atoms with Gasteiger partial charge in [-0.1, -0.05) is 77.0 Å². The molecular weight excluding hydrogens is 436 g/mol. The first-order chi connectivity index (χ1) is 16.8. The van der Waals surface area contributed by atoms with E-state index >= 15 is 0 Å². The number of nitrogens with one attached hydrogen (secondary N) is 2. The molecular formula is C26H54N2O6. The zero-order chi connectivity index (χ0) is 24.8. The second-order valence-corrected chi connectivity index (χ2v) is 8.70. The summed E-state index contributed by atoms with van der Waals surface area (Å²) in [5, 5.41) is 12.0. The van der Waals surface area contributed by atoms with Crippen LogP contribution in [0.5, 0.6) is 0 Å². The molecule has 0 radical (unpaired) electrons. The molecule has 0 aliphatic carbocycles. The van der Waals surface area contributed by atoms with Crippen LogP contribution in [-0.4, -0.2) is 70.5 Å². The van der Waals surface area contributed by atoms with E-state index in [1.54, 1.807) is 0 Å². The highest BCUT2D eigenvalue weighted by molar-refractivity contribution is 5.66. The molecule has 8 heteroatoms. The van der Waals surface area contributed by atoms with Crippen LogP contribution in [0.2, 0.25) is 0 Å². The van der Waals surface area contributed by atoms with Crippen molar-refractivity contribution in [2.24, 2.45) is 0 Å². The lowest BCUT2D eigenvalue weighted by atomic mass is 10.0. The van der Waals surface area contributed by atoms with Gasteiger partial charge in [0.15, 0.2) is 0 Å². The van der Waals surface area contributed by atoms with Crippen LogP contribution in [0.4, 0.5) is 0 Å². The SMILES string of the molecule is CCOCCONCOCCOCCNCCCCCCCCCCCCCCCCC(=O)O. The molecule has 0 aromatic carbocycles. The highest BCUT2D eigenvalue weighted by Crippen LogP contribution is 2.13. The molecule has 0 saturated carbocycles. The Balaban J connectivity index is 3.01. The summed E-state index contributed by atoms with van der Waals surface area (Å²) in [5.74, 6) is -0.666. The third-order valence-electron chi connectivity index (χ3n) is 5.59. The number of aliphatic carboxylic acids is 1. The number of unbranched alkanes of at least 4 members (excludes halogenated alkanes) is 13. The maximum Gasteiger partial charge on any atom is 0.303 e. The Hall–Kier alpha value is -0.770. The van der Waals surface area contributed by atoms with E-state index in [9.17, 15) is 4.79 Å². The highest BCUT2D eigenvalue weighted by Gasteiger charge is 1.97. The Morgan fingerprint density at radius 3 is 1.74 bits per heavy atom. The van der Waals surface area contributed by atoms with Gasteiger partial charge in [-0.2, -0.15) is 5.48 Å². The minimum absolute atomic E-state index is 0.328. The third kappa shape index (κ3) is 31.2. The molecule has 0 rings (SSSR count). The summed E-state index contributed by atoms with van der Waals surface area (Å²) in [5.41, 5.74) is 2.73. The fraction of sp³-hybridized carbons (Fsp3) is 0.962. The molecule has 0 amide bonds. The summed E-state index contributed by atoms with van der Waals surface area (Å²) in [6, 6.07) is 0. The number of hydroxylamine groups is 1. The molecule has 0 aromatic heterocycles. The molecule has 204 valence electrons.